The lowest BCUT2D eigenvalue weighted by Crippen LogP contribution is -2.39. The average Bonchev–Trinajstić information content (AvgIpc) is 2.70. The average molecular weight is 254 g/mol. The summed E-state index contributed by atoms with van der Waals surface area (Å²) >= 11 is 0. The maximum absolute atomic E-state index is 10.8. The smallest absolute Gasteiger partial charge is 0.317 e. The molecule has 18 heavy (non-hydrogen) atoms. The Kier molecular flexibility index (Phi) is 5.45. The molecule has 1 aliphatic heterocycles. The third-order valence-corrected chi connectivity index (χ3v) is 4.32. The fraction of sp³-hybridized carbons (Fsp3) is 0.929. The van der Waals surface area contributed by atoms with Crippen molar-refractivity contribution in [3.05, 3.63) is 0 Å². The van der Waals surface area contributed by atoms with Gasteiger partial charge in [0, 0.05) is 25.7 Å². The molecule has 0 aromatic heterocycles. The van der Waals surface area contributed by atoms with Gasteiger partial charge in [-0.05, 0) is 25.8 Å². The monoisotopic (exact) mass is 254 g/mol. The summed E-state index contributed by atoms with van der Waals surface area (Å²) in [5, 5.41) is 8.85. The number of rotatable bonds is 3. The van der Waals surface area contributed by atoms with Crippen LogP contribution in [0, 0.1) is 0 Å². The molecule has 0 bridgehead atoms. The van der Waals surface area contributed by atoms with Crippen LogP contribution in [0.15, 0.2) is 0 Å². The molecule has 1 saturated carbocycles. The van der Waals surface area contributed by atoms with Crippen molar-refractivity contribution < 1.29 is 9.90 Å². The van der Waals surface area contributed by atoms with Crippen LogP contribution < -0.4 is 0 Å². The molecule has 0 aromatic carbocycles. The third-order valence-electron chi connectivity index (χ3n) is 4.32. The topological polar surface area (TPSA) is 43.8 Å². The molecule has 0 radical (unpaired) electrons. The van der Waals surface area contributed by atoms with Gasteiger partial charge in [0.2, 0.25) is 0 Å². The summed E-state index contributed by atoms with van der Waals surface area (Å²) in [5.41, 5.74) is 0. The van der Waals surface area contributed by atoms with Crippen molar-refractivity contribution in [3.63, 3.8) is 0 Å². The minimum Gasteiger partial charge on any atom is -0.480 e. The summed E-state index contributed by atoms with van der Waals surface area (Å²) in [4.78, 5) is 15.5. The SMILES string of the molecule is O=C(O)CN1CCCN(C2CCCCCC2)CC1. The molecule has 4 nitrogen and oxygen atoms in total. The molecule has 0 amide bonds. The molecule has 2 fully saturated rings. The lowest BCUT2D eigenvalue weighted by Gasteiger charge is -2.29. The van der Waals surface area contributed by atoms with E-state index in [1.165, 1.54) is 38.5 Å². The van der Waals surface area contributed by atoms with E-state index in [0.29, 0.717) is 0 Å². The first-order chi connectivity index (χ1) is 8.75. The maximum Gasteiger partial charge on any atom is 0.317 e. The molecule has 0 spiro atoms. The fourth-order valence-electron chi connectivity index (χ4n) is 3.33. The van der Waals surface area contributed by atoms with E-state index in [0.717, 1.165) is 38.6 Å². The summed E-state index contributed by atoms with van der Waals surface area (Å²) < 4.78 is 0. The van der Waals surface area contributed by atoms with Gasteiger partial charge < -0.3 is 5.11 Å². The summed E-state index contributed by atoms with van der Waals surface area (Å²) in [6.07, 6.45) is 9.35. The van der Waals surface area contributed by atoms with Gasteiger partial charge in [0.05, 0.1) is 6.54 Å². The zero-order valence-electron chi connectivity index (χ0n) is 11.3. The number of carbonyl (C=O) groups is 1. The molecule has 0 atom stereocenters. The number of aliphatic carboxylic acids is 1. The van der Waals surface area contributed by atoms with E-state index < -0.39 is 5.97 Å². The van der Waals surface area contributed by atoms with E-state index in [4.69, 9.17) is 5.11 Å². The van der Waals surface area contributed by atoms with Gasteiger partial charge >= 0.3 is 5.97 Å². The molecule has 4 heteroatoms. The number of carboxylic acid groups (broad SMARTS) is 1. The highest BCUT2D eigenvalue weighted by molar-refractivity contribution is 5.69. The van der Waals surface area contributed by atoms with Gasteiger partial charge in [-0.1, -0.05) is 25.7 Å². The number of nitrogens with zero attached hydrogens (tertiary/aromatic N) is 2. The van der Waals surface area contributed by atoms with Crippen molar-refractivity contribution in [1.82, 2.24) is 9.80 Å². The molecule has 0 aromatic rings. The van der Waals surface area contributed by atoms with E-state index >= 15 is 0 Å². The van der Waals surface area contributed by atoms with Crippen LogP contribution in [0.5, 0.6) is 0 Å². The van der Waals surface area contributed by atoms with Crippen molar-refractivity contribution >= 4 is 5.97 Å². The Morgan fingerprint density at radius 1 is 0.944 bits per heavy atom. The Labute approximate surface area is 110 Å². The molecule has 104 valence electrons. The van der Waals surface area contributed by atoms with Crippen LogP contribution in [0.3, 0.4) is 0 Å². The standard InChI is InChI=1S/C14H26N2O2/c17-14(18)12-15-8-5-9-16(11-10-15)13-6-3-1-2-4-7-13/h13H,1-12H2,(H,17,18). The Balaban J connectivity index is 1.81. The van der Waals surface area contributed by atoms with Gasteiger partial charge in [0.15, 0.2) is 0 Å². The summed E-state index contributed by atoms with van der Waals surface area (Å²) in [6.45, 7) is 4.27. The Morgan fingerprint density at radius 3 is 2.33 bits per heavy atom. The van der Waals surface area contributed by atoms with Crippen molar-refractivity contribution in [1.29, 1.82) is 0 Å². The number of hydrogen-bond donors (Lipinski definition) is 1. The van der Waals surface area contributed by atoms with Crippen molar-refractivity contribution in [2.75, 3.05) is 32.7 Å². The highest BCUT2D eigenvalue weighted by Gasteiger charge is 2.23. The zero-order valence-corrected chi connectivity index (χ0v) is 11.3. The predicted octanol–water partition coefficient (Wildman–Crippen LogP) is 1.80. The van der Waals surface area contributed by atoms with Crippen LogP contribution in [0.1, 0.15) is 44.9 Å². The van der Waals surface area contributed by atoms with Gasteiger partial charge in [-0.3, -0.25) is 14.6 Å². The van der Waals surface area contributed by atoms with Crippen LogP contribution in [0.4, 0.5) is 0 Å². The van der Waals surface area contributed by atoms with Gasteiger partial charge in [0.1, 0.15) is 0 Å². The molecular weight excluding hydrogens is 228 g/mol. The van der Waals surface area contributed by atoms with Crippen molar-refractivity contribution in [3.8, 4) is 0 Å². The third kappa shape index (κ3) is 4.25. The number of hydrogen-bond acceptors (Lipinski definition) is 3. The highest BCUT2D eigenvalue weighted by atomic mass is 16.4. The lowest BCUT2D eigenvalue weighted by molar-refractivity contribution is -0.138. The summed E-state index contributed by atoms with van der Waals surface area (Å²) in [7, 11) is 0. The zero-order chi connectivity index (χ0) is 12.8. The predicted molar refractivity (Wildman–Crippen MR) is 71.8 cm³/mol. The molecule has 2 rings (SSSR count). The maximum atomic E-state index is 10.8. The summed E-state index contributed by atoms with van der Waals surface area (Å²) in [6, 6.07) is 0.761. The Morgan fingerprint density at radius 2 is 1.67 bits per heavy atom. The first-order valence-corrected chi connectivity index (χ1v) is 7.44. The second kappa shape index (κ2) is 7.10. The minimum absolute atomic E-state index is 0.207. The second-order valence-corrected chi connectivity index (χ2v) is 5.70. The number of carboxylic acids is 1. The van der Waals surface area contributed by atoms with Crippen LogP contribution in [0.2, 0.25) is 0 Å². The van der Waals surface area contributed by atoms with Crippen LogP contribution >= 0.6 is 0 Å². The van der Waals surface area contributed by atoms with Crippen molar-refractivity contribution in [2.45, 2.75) is 51.0 Å². The molecule has 1 N–H and O–H groups in total. The van der Waals surface area contributed by atoms with Crippen molar-refractivity contribution in [2.24, 2.45) is 0 Å². The molecule has 1 heterocycles. The van der Waals surface area contributed by atoms with E-state index in [2.05, 4.69) is 9.80 Å². The molecule has 2 aliphatic rings. The van der Waals surface area contributed by atoms with Crippen LogP contribution in [-0.4, -0.2) is 59.6 Å². The normalized spacial score (nSPS) is 25.6. The highest BCUT2D eigenvalue weighted by Crippen LogP contribution is 2.22. The first kappa shape index (κ1) is 13.8. The van der Waals surface area contributed by atoms with Gasteiger partial charge in [-0.15, -0.1) is 0 Å². The van der Waals surface area contributed by atoms with Crippen LogP contribution in [0.25, 0.3) is 0 Å². The largest absolute Gasteiger partial charge is 0.480 e. The molecule has 0 unspecified atom stereocenters. The van der Waals surface area contributed by atoms with E-state index in [1.54, 1.807) is 0 Å². The van der Waals surface area contributed by atoms with E-state index in [1.807, 2.05) is 0 Å². The molecular formula is C14H26N2O2. The van der Waals surface area contributed by atoms with Gasteiger partial charge in [0.25, 0.3) is 0 Å². The quantitative estimate of drug-likeness (QED) is 0.780. The van der Waals surface area contributed by atoms with Crippen LogP contribution in [-0.2, 0) is 4.79 Å². The second-order valence-electron chi connectivity index (χ2n) is 5.70. The first-order valence-electron chi connectivity index (χ1n) is 7.44. The van der Waals surface area contributed by atoms with E-state index in [-0.39, 0.29) is 6.54 Å². The van der Waals surface area contributed by atoms with Gasteiger partial charge in [-0.25, -0.2) is 0 Å². The Bertz CT molecular complexity index is 263. The fourth-order valence-corrected chi connectivity index (χ4v) is 3.33. The molecule has 1 saturated heterocycles. The molecule has 1 aliphatic carbocycles. The van der Waals surface area contributed by atoms with Gasteiger partial charge in [-0.2, -0.15) is 0 Å². The minimum atomic E-state index is -0.696. The lowest BCUT2D eigenvalue weighted by atomic mass is 10.1. The summed E-state index contributed by atoms with van der Waals surface area (Å²) in [5.74, 6) is -0.696. The Hall–Kier alpha value is -0.610. The van der Waals surface area contributed by atoms with E-state index in [9.17, 15) is 4.79 Å².